The van der Waals surface area contributed by atoms with Crippen LogP contribution >= 0.6 is 23.6 Å². The van der Waals surface area contributed by atoms with Gasteiger partial charge in [0.25, 0.3) is 5.91 Å². The predicted octanol–water partition coefficient (Wildman–Crippen LogP) is 10.1. The zero-order chi connectivity index (χ0) is 51.9. The molecule has 0 bridgehead atoms. The highest BCUT2D eigenvalue weighted by Gasteiger charge is 2.51. The van der Waals surface area contributed by atoms with Gasteiger partial charge in [-0.2, -0.15) is 23.5 Å². The van der Waals surface area contributed by atoms with Crippen LogP contribution in [0.25, 0.3) is 10.4 Å². The fourth-order valence-corrected chi connectivity index (χ4v) is 10.5. The molecule has 0 unspecified atom stereocenters. The molecule has 0 radical (unpaired) electrons. The number of rotatable bonds is 22. The fourth-order valence-electron chi connectivity index (χ4n) is 9.16. The summed E-state index contributed by atoms with van der Waals surface area (Å²) in [6, 6.07) is 18.4. The van der Waals surface area contributed by atoms with Gasteiger partial charge in [0.1, 0.15) is 17.3 Å². The first kappa shape index (κ1) is 53.6. The maximum atomic E-state index is 14.2. The van der Waals surface area contributed by atoms with Crippen molar-refractivity contribution in [2.45, 2.75) is 116 Å². The molecule has 1 N–H and O–H groups in total. The minimum Gasteiger partial charge on any atom is -0.494 e. The zero-order valence-corrected chi connectivity index (χ0v) is 42.9. The lowest BCUT2D eigenvalue weighted by atomic mass is 9.91. The molecular weight excluding hydrogens is 968 g/mol. The Kier molecular flexibility index (Phi) is 17.2. The average Bonchev–Trinajstić information content (AvgIpc) is 4.13. The van der Waals surface area contributed by atoms with Crippen LogP contribution in [0.5, 0.6) is 11.5 Å². The summed E-state index contributed by atoms with van der Waals surface area (Å²) in [5.74, 6) is 0.0383. The SMILES string of the molecule is Cc1ncsc1-c1ccc([C@H](C)CC(=O)[C@@H]2C[C@@H](O)CN2C(=O)[C@@H](C(C)C)n2cc(OCCCOCCCCCOc3ccc(N4C(=S)N(c5ccc(C#N)c(C(F)(F)F)c5)C(=O)C4(C)C)cc3)cn2)cc1. The fraction of sp³-hybridized carbons (Fsp3) is 0.453. The van der Waals surface area contributed by atoms with Gasteiger partial charge in [-0.1, -0.05) is 45.0 Å². The number of amides is 2. The maximum Gasteiger partial charge on any atom is 0.417 e. The van der Waals surface area contributed by atoms with Crippen molar-refractivity contribution in [3.8, 4) is 28.0 Å². The Balaban J connectivity index is 0.796. The first-order valence-electron chi connectivity index (χ1n) is 24.1. The largest absolute Gasteiger partial charge is 0.494 e. The topological polar surface area (TPSA) is 163 Å². The molecular formula is C53H60F3N7O7S2. The molecule has 7 rings (SSSR count). The Morgan fingerprint density at radius 2 is 1.61 bits per heavy atom. The number of benzene rings is 3. The maximum absolute atomic E-state index is 14.2. The molecule has 2 aliphatic heterocycles. The number of thiazole rings is 1. The van der Waals surface area contributed by atoms with Crippen LogP contribution in [0.3, 0.4) is 0 Å². The summed E-state index contributed by atoms with van der Waals surface area (Å²) in [6.07, 6.45) is 1.25. The number of anilines is 2. The summed E-state index contributed by atoms with van der Waals surface area (Å²) in [4.78, 5) is 51.1. The number of ether oxygens (including phenoxy) is 3. The number of nitrogens with zero attached hydrogens (tertiary/aromatic N) is 7. The van der Waals surface area contributed by atoms with Gasteiger partial charge in [0.05, 0.1) is 76.7 Å². The van der Waals surface area contributed by atoms with Gasteiger partial charge in [-0.3, -0.25) is 24.0 Å². The molecule has 4 atom stereocenters. The molecule has 382 valence electrons. The second-order valence-electron chi connectivity index (χ2n) is 19.1. The summed E-state index contributed by atoms with van der Waals surface area (Å²) < 4.78 is 60.5. The van der Waals surface area contributed by atoms with E-state index in [0.29, 0.717) is 50.0 Å². The average molecular weight is 1030 g/mol. The molecule has 72 heavy (non-hydrogen) atoms. The first-order valence-corrected chi connectivity index (χ1v) is 25.4. The number of Topliss-reactive ketones (excluding diaryl/α,β-unsaturated/α-hetero) is 1. The number of thiocarbonyl (C=S) groups is 1. The van der Waals surface area contributed by atoms with Gasteiger partial charge in [-0.15, -0.1) is 11.3 Å². The summed E-state index contributed by atoms with van der Waals surface area (Å²) >= 11 is 7.23. The standard InChI is InChI=1S/C53H60F3N7O7S2/c1-33(2)47(49(66)60-30-41(64)27-45(60)46(65)25-34(3)36-11-13-37(14-12-36)48-35(4)58-32-72-48)61-31-43(29-59-61)70-24-10-22-68-21-8-7-9-23-69-42-19-17-39(18-20-42)63-51(71)62(50(67)52(63,5)6)40-16-15-38(28-57)44(26-40)53(54,55)56/h11-20,26,29,31-34,41,45,47,64H,7-10,21-25,27,30H2,1-6H3/t34-,41-,45+,47-/m1/s1. The number of ketones is 1. The summed E-state index contributed by atoms with van der Waals surface area (Å²) in [5, 5.41) is 24.4. The number of aromatic nitrogens is 3. The second-order valence-corrected chi connectivity index (χ2v) is 20.3. The number of nitriles is 1. The van der Waals surface area contributed by atoms with E-state index in [0.717, 1.165) is 58.0 Å². The number of aryl methyl sites for hydroxylation is 1. The quantitative estimate of drug-likeness (QED) is 0.0517. The number of hydrogen-bond donors (Lipinski definition) is 1. The number of carbonyl (C=O) groups excluding carboxylic acids is 3. The van der Waals surface area contributed by atoms with Crippen molar-refractivity contribution in [1.82, 2.24) is 19.7 Å². The predicted molar refractivity (Wildman–Crippen MR) is 272 cm³/mol. The van der Waals surface area contributed by atoms with Gasteiger partial charge in [0.2, 0.25) is 5.91 Å². The first-order chi connectivity index (χ1) is 34.3. The highest BCUT2D eigenvalue weighted by atomic mass is 32.1. The third-order valence-electron chi connectivity index (χ3n) is 13.0. The van der Waals surface area contributed by atoms with Crippen LogP contribution in [0.4, 0.5) is 24.5 Å². The van der Waals surface area contributed by atoms with Crippen LogP contribution in [0.2, 0.25) is 0 Å². The van der Waals surface area contributed by atoms with E-state index >= 15 is 0 Å². The molecule has 2 amide bonds. The van der Waals surface area contributed by atoms with Crippen LogP contribution in [0.1, 0.15) is 107 Å². The van der Waals surface area contributed by atoms with E-state index in [1.54, 1.807) is 77.5 Å². The Labute approximate surface area is 427 Å². The number of alkyl halides is 3. The normalized spacial score (nSPS) is 17.7. The van der Waals surface area contributed by atoms with E-state index < -0.39 is 46.9 Å². The van der Waals surface area contributed by atoms with Gasteiger partial charge in [-0.05, 0) is 118 Å². The summed E-state index contributed by atoms with van der Waals surface area (Å²) in [7, 11) is 0. The molecule has 2 aliphatic rings. The van der Waals surface area contributed by atoms with Crippen LogP contribution in [-0.2, 0) is 25.3 Å². The highest BCUT2D eigenvalue weighted by molar-refractivity contribution is 7.81. The van der Waals surface area contributed by atoms with Gasteiger partial charge in [0, 0.05) is 44.7 Å². The van der Waals surface area contributed by atoms with Gasteiger partial charge in [-0.25, -0.2) is 4.98 Å². The monoisotopic (exact) mass is 1030 g/mol. The molecule has 2 aromatic heterocycles. The van der Waals surface area contributed by atoms with Crippen LogP contribution < -0.4 is 19.3 Å². The number of likely N-dealkylation sites (tertiary alicyclic amines) is 1. The van der Waals surface area contributed by atoms with E-state index in [4.69, 9.17) is 26.4 Å². The Hall–Kier alpha value is -6.20. The number of carbonyl (C=O) groups is 3. The van der Waals surface area contributed by atoms with Crippen molar-refractivity contribution in [2.75, 3.05) is 42.8 Å². The highest BCUT2D eigenvalue weighted by Crippen LogP contribution is 2.40. The molecule has 2 saturated heterocycles. The van der Waals surface area contributed by atoms with E-state index in [1.807, 2.05) is 45.3 Å². The van der Waals surface area contributed by atoms with Gasteiger partial charge < -0.3 is 29.1 Å². The Morgan fingerprint density at radius 3 is 2.28 bits per heavy atom. The number of aliphatic hydroxyl groups is 1. The molecule has 0 spiro atoms. The molecule has 5 aromatic rings. The van der Waals surface area contributed by atoms with E-state index in [1.165, 1.54) is 11.0 Å². The zero-order valence-electron chi connectivity index (χ0n) is 41.2. The third-order valence-corrected chi connectivity index (χ3v) is 14.4. The third kappa shape index (κ3) is 12.2. The Morgan fingerprint density at radius 1 is 0.944 bits per heavy atom. The molecule has 4 heterocycles. The summed E-state index contributed by atoms with van der Waals surface area (Å²) in [5.41, 5.74) is 2.51. The van der Waals surface area contributed by atoms with E-state index in [9.17, 15) is 37.9 Å². The molecule has 3 aromatic carbocycles. The van der Waals surface area contributed by atoms with Crippen molar-refractivity contribution in [2.24, 2.45) is 5.92 Å². The van der Waals surface area contributed by atoms with Gasteiger partial charge >= 0.3 is 6.18 Å². The van der Waals surface area contributed by atoms with Crippen molar-refractivity contribution < 1.29 is 46.9 Å². The van der Waals surface area contributed by atoms with Gasteiger partial charge in [0.15, 0.2) is 16.6 Å². The summed E-state index contributed by atoms with van der Waals surface area (Å²) in [6.45, 7) is 13.1. The van der Waals surface area contributed by atoms with Crippen molar-refractivity contribution in [3.05, 3.63) is 107 Å². The van der Waals surface area contributed by atoms with E-state index in [2.05, 4.69) is 22.2 Å². The van der Waals surface area contributed by atoms with Crippen LogP contribution in [0, 0.1) is 24.2 Å². The lowest BCUT2D eigenvalue weighted by molar-refractivity contribution is -0.142. The lowest BCUT2D eigenvalue weighted by Gasteiger charge is -2.30. The van der Waals surface area contributed by atoms with Crippen molar-refractivity contribution >= 4 is 57.6 Å². The molecule has 2 fully saturated rings. The molecule has 14 nitrogen and oxygen atoms in total. The number of unbranched alkanes of at least 4 members (excludes halogenated alkanes) is 2. The smallest absolute Gasteiger partial charge is 0.417 e. The molecule has 0 aliphatic carbocycles. The van der Waals surface area contributed by atoms with Crippen LogP contribution in [0.15, 0.2) is 84.6 Å². The van der Waals surface area contributed by atoms with Crippen molar-refractivity contribution in [3.63, 3.8) is 0 Å². The van der Waals surface area contributed by atoms with E-state index in [-0.39, 0.29) is 53.7 Å². The minimum atomic E-state index is -4.79. The number of aliphatic hydroxyl groups excluding tert-OH is 1. The lowest BCUT2D eigenvalue weighted by Crippen LogP contribution is -2.45. The molecule has 19 heteroatoms. The van der Waals surface area contributed by atoms with Crippen LogP contribution in [-0.4, -0.2) is 98.1 Å². The van der Waals surface area contributed by atoms with Crippen molar-refractivity contribution in [1.29, 1.82) is 5.26 Å². The molecule has 0 saturated carbocycles. The number of β-amino-alcohol motifs (C(OH)–C–C–N with tert-alkyl or cyclic N) is 1. The number of hydrogen-bond acceptors (Lipinski definition) is 12. The second kappa shape index (κ2) is 23.1. The Bertz CT molecular complexity index is 2750. The minimum absolute atomic E-state index is 0.0113. The number of halogens is 3.